The Labute approximate surface area is 161 Å². The van der Waals surface area contributed by atoms with Crippen molar-refractivity contribution in [3.8, 4) is 0 Å². The Morgan fingerprint density at radius 2 is 1.96 bits per heavy atom. The molecule has 1 fully saturated rings. The largest absolute Gasteiger partial charge is 0.370 e. The van der Waals surface area contributed by atoms with E-state index < -0.39 is 0 Å². The molecule has 0 saturated carbocycles. The smallest absolute Gasteiger partial charge is 0.303 e. The maximum atomic E-state index is 12.8. The van der Waals surface area contributed by atoms with Gasteiger partial charge in [-0.1, -0.05) is 29.3 Å². The molecule has 0 unspecified atom stereocenters. The quantitative estimate of drug-likeness (QED) is 0.597. The summed E-state index contributed by atoms with van der Waals surface area (Å²) in [4.78, 5) is 18.0. The van der Waals surface area contributed by atoms with Gasteiger partial charge in [0.2, 0.25) is 0 Å². The fourth-order valence-corrected chi connectivity index (χ4v) is 3.34. The fourth-order valence-electron chi connectivity index (χ4n) is 2.89. The van der Waals surface area contributed by atoms with Gasteiger partial charge < -0.3 is 9.64 Å². The molecule has 2 aromatic rings. The Kier molecular flexibility index (Phi) is 6.57. The Hall–Kier alpha value is -1.99. The summed E-state index contributed by atoms with van der Waals surface area (Å²) in [5.41, 5.74) is 4.20. The number of quaternary nitrogens is 1. The molecule has 26 heavy (non-hydrogen) atoms. The molecule has 1 aromatic carbocycles. The van der Waals surface area contributed by atoms with Crippen molar-refractivity contribution in [1.82, 2.24) is 10.4 Å². The van der Waals surface area contributed by atoms with Crippen LogP contribution in [0.4, 0.5) is 0 Å². The summed E-state index contributed by atoms with van der Waals surface area (Å²) < 4.78 is 5.41. The van der Waals surface area contributed by atoms with E-state index in [-0.39, 0.29) is 11.9 Å². The van der Waals surface area contributed by atoms with Gasteiger partial charge in [0, 0.05) is 28.5 Å². The lowest BCUT2D eigenvalue weighted by Gasteiger charge is -2.30. The number of morpholine rings is 1. The van der Waals surface area contributed by atoms with E-state index in [2.05, 4.69) is 15.5 Å². The molecule has 6 nitrogen and oxygen atoms in total. The lowest BCUT2D eigenvalue weighted by Crippen LogP contribution is -3.15. The number of nitrogens with one attached hydrogen (secondary N) is 2. The van der Waals surface area contributed by atoms with Crippen molar-refractivity contribution in [3.63, 3.8) is 0 Å². The van der Waals surface area contributed by atoms with E-state index in [0.717, 1.165) is 23.6 Å². The molecule has 1 aliphatic rings. The predicted octanol–water partition coefficient (Wildman–Crippen LogP) is 1.49. The fraction of sp³-hybridized carbons (Fsp3) is 0.278. The first-order valence-electron chi connectivity index (χ1n) is 8.25. The van der Waals surface area contributed by atoms with Gasteiger partial charge in [-0.15, -0.1) is 0 Å². The van der Waals surface area contributed by atoms with Crippen LogP contribution in [0, 0.1) is 0 Å². The number of carbonyl (C=O) groups is 1. The third kappa shape index (κ3) is 4.80. The van der Waals surface area contributed by atoms with E-state index in [1.807, 2.05) is 12.1 Å². The highest BCUT2D eigenvalue weighted by atomic mass is 35.5. The van der Waals surface area contributed by atoms with Gasteiger partial charge >= 0.3 is 5.91 Å². The summed E-state index contributed by atoms with van der Waals surface area (Å²) in [6.45, 7) is 2.78. The van der Waals surface area contributed by atoms with E-state index in [4.69, 9.17) is 27.9 Å². The summed E-state index contributed by atoms with van der Waals surface area (Å²) >= 11 is 12.0. The molecular weight excluding hydrogens is 375 g/mol. The van der Waals surface area contributed by atoms with Crippen molar-refractivity contribution in [1.29, 1.82) is 0 Å². The van der Waals surface area contributed by atoms with E-state index in [1.165, 1.54) is 6.21 Å². The van der Waals surface area contributed by atoms with Crippen LogP contribution >= 0.6 is 23.2 Å². The van der Waals surface area contributed by atoms with Crippen molar-refractivity contribution in [2.45, 2.75) is 6.04 Å². The molecule has 8 heteroatoms. The van der Waals surface area contributed by atoms with E-state index in [1.54, 1.807) is 30.6 Å². The molecule has 3 rings (SSSR count). The Morgan fingerprint density at radius 3 is 2.65 bits per heavy atom. The van der Waals surface area contributed by atoms with Gasteiger partial charge in [0.15, 0.2) is 6.04 Å². The molecule has 1 aromatic heterocycles. The first kappa shape index (κ1) is 18.8. The number of nitrogens with zero attached hydrogens (tertiary/aromatic N) is 2. The van der Waals surface area contributed by atoms with Crippen LogP contribution in [-0.2, 0) is 9.53 Å². The number of carbonyl (C=O) groups excluding carboxylic acids is 1. The Morgan fingerprint density at radius 1 is 1.23 bits per heavy atom. The zero-order chi connectivity index (χ0) is 18.4. The molecular formula is C18H19Cl2N4O2+. The van der Waals surface area contributed by atoms with Gasteiger partial charge in [0.05, 0.1) is 24.5 Å². The molecule has 1 atom stereocenters. The topological polar surface area (TPSA) is 68.0 Å². The van der Waals surface area contributed by atoms with Gasteiger partial charge in [-0.2, -0.15) is 5.10 Å². The zero-order valence-corrected chi connectivity index (χ0v) is 15.5. The van der Waals surface area contributed by atoms with Crippen molar-refractivity contribution >= 4 is 35.3 Å². The predicted molar refractivity (Wildman–Crippen MR) is 101 cm³/mol. The zero-order valence-electron chi connectivity index (χ0n) is 14.0. The highest BCUT2D eigenvalue weighted by Crippen LogP contribution is 2.19. The van der Waals surface area contributed by atoms with Gasteiger partial charge in [-0.25, -0.2) is 5.43 Å². The van der Waals surface area contributed by atoms with Crippen molar-refractivity contribution in [3.05, 3.63) is 63.9 Å². The van der Waals surface area contributed by atoms with Gasteiger partial charge in [0.25, 0.3) is 0 Å². The van der Waals surface area contributed by atoms with Crippen LogP contribution in [0.15, 0.2) is 47.8 Å². The second kappa shape index (κ2) is 9.09. The van der Waals surface area contributed by atoms with Gasteiger partial charge in [0.1, 0.15) is 13.1 Å². The second-order valence-electron chi connectivity index (χ2n) is 5.88. The number of aromatic nitrogens is 1. The minimum absolute atomic E-state index is 0.186. The van der Waals surface area contributed by atoms with E-state index in [0.29, 0.717) is 28.8 Å². The first-order valence-corrected chi connectivity index (χ1v) is 9.01. The van der Waals surface area contributed by atoms with Crippen LogP contribution in [0.3, 0.4) is 0 Å². The molecule has 2 heterocycles. The number of benzene rings is 1. The van der Waals surface area contributed by atoms with Crippen molar-refractivity contribution in [2.75, 3.05) is 26.3 Å². The summed E-state index contributed by atoms with van der Waals surface area (Å²) in [5, 5.41) is 5.08. The summed E-state index contributed by atoms with van der Waals surface area (Å²) in [7, 11) is 0. The molecule has 1 saturated heterocycles. The number of ether oxygens (including phenoxy) is 1. The summed E-state index contributed by atoms with van der Waals surface area (Å²) in [5.74, 6) is -0.186. The standard InChI is InChI=1S/C18H18Cl2N4O2/c19-15-2-1-14(16(20)11-15)12-22-23-18(25)17(13-3-5-21-6-4-13)24-7-9-26-10-8-24/h1-6,11-12,17H,7-10H2,(H,23,25)/p+1/b22-12-/t17-/m0/s1. The van der Waals surface area contributed by atoms with E-state index in [9.17, 15) is 4.79 Å². The average Bonchev–Trinajstić information content (AvgIpc) is 2.65. The molecule has 0 spiro atoms. The monoisotopic (exact) mass is 393 g/mol. The SMILES string of the molecule is O=C(N/N=C\c1ccc(Cl)cc1Cl)[C@H](c1ccncc1)[NH+]1CCOCC1. The van der Waals surface area contributed by atoms with Crippen LogP contribution in [0.2, 0.25) is 10.0 Å². The second-order valence-corrected chi connectivity index (χ2v) is 6.73. The maximum absolute atomic E-state index is 12.8. The molecule has 1 amide bonds. The minimum Gasteiger partial charge on any atom is -0.370 e. The maximum Gasteiger partial charge on any atom is 0.303 e. The van der Waals surface area contributed by atoms with Crippen molar-refractivity contribution < 1.29 is 14.4 Å². The lowest BCUT2D eigenvalue weighted by molar-refractivity contribution is -0.929. The normalized spacial score (nSPS) is 16.5. The highest BCUT2D eigenvalue weighted by molar-refractivity contribution is 6.36. The van der Waals surface area contributed by atoms with Crippen LogP contribution in [0.25, 0.3) is 0 Å². The number of halogens is 2. The van der Waals surface area contributed by atoms with Gasteiger partial charge in [-0.3, -0.25) is 9.78 Å². The third-order valence-corrected chi connectivity index (χ3v) is 4.75. The first-order chi connectivity index (χ1) is 12.6. The van der Waals surface area contributed by atoms with Crippen LogP contribution in [0.1, 0.15) is 17.2 Å². The van der Waals surface area contributed by atoms with E-state index >= 15 is 0 Å². The molecule has 0 aliphatic carbocycles. The highest BCUT2D eigenvalue weighted by Gasteiger charge is 2.32. The van der Waals surface area contributed by atoms with Crippen LogP contribution in [-0.4, -0.2) is 43.4 Å². The molecule has 2 N–H and O–H groups in total. The van der Waals surface area contributed by atoms with Crippen molar-refractivity contribution in [2.24, 2.45) is 5.10 Å². The summed E-state index contributed by atoms with van der Waals surface area (Å²) in [6.07, 6.45) is 4.88. The molecule has 0 radical (unpaired) electrons. The molecule has 1 aliphatic heterocycles. The molecule has 0 bridgehead atoms. The minimum atomic E-state index is -0.375. The van der Waals surface area contributed by atoms with Gasteiger partial charge in [-0.05, 0) is 24.3 Å². The van der Waals surface area contributed by atoms with Crippen LogP contribution in [0.5, 0.6) is 0 Å². The number of pyridine rings is 1. The Balaban J connectivity index is 1.74. The number of hydrogen-bond acceptors (Lipinski definition) is 4. The summed E-state index contributed by atoms with van der Waals surface area (Å²) in [6, 6.07) is 8.42. The lowest BCUT2D eigenvalue weighted by atomic mass is 10.1. The number of hydrazone groups is 1. The average molecular weight is 394 g/mol. The molecule has 136 valence electrons. The third-order valence-electron chi connectivity index (χ3n) is 4.19. The number of rotatable bonds is 5. The number of hydrogen-bond donors (Lipinski definition) is 2. The number of amides is 1. The Bertz CT molecular complexity index is 780. The van der Waals surface area contributed by atoms with Crippen LogP contribution < -0.4 is 10.3 Å².